The fourth-order valence-corrected chi connectivity index (χ4v) is 4.49. The molecule has 2 aromatic rings. The van der Waals surface area contributed by atoms with Crippen molar-refractivity contribution < 1.29 is 19.0 Å². The Balaban J connectivity index is 1.26. The number of rotatable bonds is 7. The Bertz CT molecular complexity index is 859. The number of pyridine rings is 1. The number of piperidine rings is 1. The van der Waals surface area contributed by atoms with Crippen LogP contribution in [0, 0.1) is 0 Å². The molecule has 1 aromatic carbocycles. The zero-order chi connectivity index (χ0) is 21.7. The first-order chi connectivity index (χ1) is 15.1. The molecule has 31 heavy (non-hydrogen) atoms. The molecule has 2 saturated heterocycles. The summed E-state index contributed by atoms with van der Waals surface area (Å²) in [4.78, 5) is 19.5. The second-order valence-electron chi connectivity index (χ2n) is 8.37. The minimum atomic E-state index is -0.146. The van der Waals surface area contributed by atoms with Crippen molar-refractivity contribution in [3.05, 3.63) is 53.9 Å². The molecule has 2 fully saturated rings. The highest BCUT2D eigenvalue weighted by Gasteiger charge is 2.42. The zero-order valence-electron chi connectivity index (χ0n) is 18.3. The zero-order valence-corrected chi connectivity index (χ0v) is 18.3. The average Bonchev–Trinajstić information content (AvgIpc) is 3.22. The second kappa shape index (κ2) is 9.66. The summed E-state index contributed by atoms with van der Waals surface area (Å²) in [6, 6.07) is 11.2. The van der Waals surface area contributed by atoms with Crippen LogP contribution in [0.5, 0.6) is 11.5 Å². The number of benzene rings is 1. The Hall–Kier alpha value is -2.64. The summed E-state index contributed by atoms with van der Waals surface area (Å²) in [5.41, 5.74) is 1.59. The first kappa shape index (κ1) is 21.6. The van der Waals surface area contributed by atoms with Crippen molar-refractivity contribution in [2.24, 2.45) is 0 Å². The smallest absolute Gasteiger partial charge is 0.251 e. The van der Waals surface area contributed by atoms with E-state index >= 15 is 0 Å². The summed E-state index contributed by atoms with van der Waals surface area (Å²) in [5, 5.41) is 3.01. The maximum Gasteiger partial charge on any atom is 0.251 e. The predicted octanol–water partition coefficient (Wildman–Crippen LogP) is 3.04. The summed E-state index contributed by atoms with van der Waals surface area (Å²) >= 11 is 0. The molecule has 2 aliphatic rings. The molecule has 1 atom stereocenters. The minimum Gasteiger partial charge on any atom is -0.497 e. The number of hydrogen-bond acceptors (Lipinski definition) is 6. The third-order valence-electron chi connectivity index (χ3n) is 6.32. The minimum absolute atomic E-state index is 0.0464. The van der Waals surface area contributed by atoms with Gasteiger partial charge >= 0.3 is 0 Å². The van der Waals surface area contributed by atoms with Gasteiger partial charge in [-0.05, 0) is 49.9 Å². The van der Waals surface area contributed by atoms with Gasteiger partial charge in [0.2, 0.25) is 0 Å². The lowest BCUT2D eigenvalue weighted by atomic mass is 9.88. The van der Waals surface area contributed by atoms with Crippen LogP contribution in [0.2, 0.25) is 0 Å². The van der Waals surface area contributed by atoms with E-state index in [2.05, 4.69) is 21.3 Å². The predicted molar refractivity (Wildman–Crippen MR) is 117 cm³/mol. The third kappa shape index (κ3) is 5.35. The normalized spacial score (nSPS) is 20.5. The molecule has 1 spiro atoms. The standard InChI is InChI=1S/C24H31N3O4/c1-29-21-13-18(14-22(15-21)30-2)23(28)26-16-20-6-7-24(31-20)8-11-27(12-9-24)17-19-5-3-4-10-25-19/h3-5,10,13-15,20H,6-9,11-12,16-17H2,1-2H3,(H,26,28)/t20-/m1/s1. The lowest BCUT2D eigenvalue weighted by Gasteiger charge is -2.39. The van der Waals surface area contributed by atoms with Crippen molar-refractivity contribution in [3.63, 3.8) is 0 Å². The molecule has 0 unspecified atom stereocenters. The first-order valence-corrected chi connectivity index (χ1v) is 10.9. The molecular weight excluding hydrogens is 394 g/mol. The number of hydrogen-bond donors (Lipinski definition) is 1. The molecule has 0 bridgehead atoms. The van der Waals surface area contributed by atoms with E-state index in [-0.39, 0.29) is 17.6 Å². The Morgan fingerprint density at radius 1 is 1.16 bits per heavy atom. The van der Waals surface area contributed by atoms with Crippen LogP contribution in [-0.2, 0) is 11.3 Å². The first-order valence-electron chi connectivity index (χ1n) is 10.9. The molecule has 3 heterocycles. The molecule has 1 N–H and O–H groups in total. The lowest BCUT2D eigenvalue weighted by molar-refractivity contribution is -0.0765. The summed E-state index contributed by atoms with van der Waals surface area (Å²) in [6.07, 6.45) is 5.98. The van der Waals surface area contributed by atoms with Gasteiger partial charge in [0.1, 0.15) is 11.5 Å². The Morgan fingerprint density at radius 2 is 1.90 bits per heavy atom. The van der Waals surface area contributed by atoms with Crippen LogP contribution in [0.15, 0.2) is 42.6 Å². The van der Waals surface area contributed by atoms with Crippen molar-refractivity contribution in [1.82, 2.24) is 15.2 Å². The molecule has 1 amide bonds. The van der Waals surface area contributed by atoms with Crippen LogP contribution in [0.25, 0.3) is 0 Å². The van der Waals surface area contributed by atoms with E-state index in [0.717, 1.165) is 51.0 Å². The van der Waals surface area contributed by atoms with Gasteiger partial charge in [-0.3, -0.25) is 14.7 Å². The van der Waals surface area contributed by atoms with Crippen LogP contribution in [0.4, 0.5) is 0 Å². The fraction of sp³-hybridized carbons (Fsp3) is 0.500. The molecule has 2 aliphatic heterocycles. The van der Waals surface area contributed by atoms with Crippen LogP contribution >= 0.6 is 0 Å². The highest BCUT2D eigenvalue weighted by molar-refractivity contribution is 5.95. The van der Waals surface area contributed by atoms with Crippen LogP contribution in [0.1, 0.15) is 41.7 Å². The van der Waals surface area contributed by atoms with Gasteiger partial charge in [-0.25, -0.2) is 0 Å². The SMILES string of the molecule is COc1cc(OC)cc(C(=O)NC[C@H]2CCC3(CCN(Cc4ccccn4)CC3)O2)c1. The number of ether oxygens (including phenoxy) is 3. The van der Waals surface area contributed by atoms with E-state index in [0.29, 0.717) is 23.6 Å². The highest BCUT2D eigenvalue weighted by atomic mass is 16.5. The van der Waals surface area contributed by atoms with Crippen molar-refractivity contribution in [2.45, 2.75) is 43.9 Å². The number of carbonyl (C=O) groups excluding carboxylic acids is 1. The molecule has 4 rings (SSSR count). The van der Waals surface area contributed by atoms with Crippen LogP contribution in [-0.4, -0.2) is 61.3 Å². The Labute approximate surface area is 183 Å². The van der Waals surface area contributed by atoms with Crippen molar-refractivity contribution in [3.8, 4) is 11.5 Å². The molecule has 166 valence electrons. The van der Waals surface area contributed by atoms with Gasteiger partial charge in [0.15, 0.2) is 0 Å². The summed E-state index contributed by atoms with van der Waals surface area (Å²) in [5.74, 6) is 1.04. The number of aromatic nitrogens is 1. The van der Waals surface area contributed by atoms with Crippen molar-refractivity contribution in [1.29, 1.82) is 0 Å². The monoisotopic (exact) mass is 425 g/mol. The third-order valence-corrected chi connectivity index (χ3v) is 6.32. The number of carbonyl (C=O) groups is 1. The van der Waals surface area contributed by atoms with E-state index < -0.39 is 0 Å². The van der Waals surface area contributed by atoms with E-state index in [1.807, 2.05) is 18.3 Å². The van der Waals surface area contributed by atoms with Crippen LogP contribution in [0.3, 0.4) is 0 Å². The van der Waals surface area contributed by atoms with Gasteiger partial charge in [0.05, 0.1) is 31.6 Å². The van der Waals surface area contributed by atoms with Gasteiger partial charge in [-0.2, -0.15) is 0 Å². The molecule has 7 heteroatoms. The van der Waals surface area contributed by atoms with Gasteiger partial charge in [-0.15, -0.1) is 0 Å². The van der Waals surface area contributed by atoms with E-state index in [4.69, 9.17) is 14.2 Å². The number of nitrogens with one attached hydrogen (secondary N) is 1. The van der Waals surface area contributed by atoms with Crippen molar-refractivity contribution >= 4 is 5.91 Å². The van der Waals surface area contributed by atoms with E-state index in [1.54, 1.807) is 32.4 Å². The summed E-state index contributed by atoms with van der Waals surface area (Å²) < 4.78 is 17.0. The number of methoxy groups -OCH3 is 2. The second-order valence-corrected chi connectivity index (χ2v) is 8.37. The largest absolute Gasteiger partial charge is 0.497 e. The van der Waals surface area contributed by atoms with E-state index in [9.17, 15) is 4.79 Å². The topological polar surface area (TPSA) is 72.9 Å². The average molecular weight is 426 g/mol. The number of amides is 1. The molecule has 0 radical (unpaired) electrons. The maximum atomic E-state index is 12.6. The summed E-state index contributed by atoms with van der Waals surface area (Å²) in [6.45, 7) is 3.43. The Kier molecular flexibility index (Phi) is 6.73. The molecule has 0 aliphatic carbocycles. The fourth-order valence-electron chi connectivity index (χ4n) is 4.49. The van der Waals surface area contributed by atoms with Crippen LogP contribution < -0.4 is 14.8 Å². The Morgan fingerprint density at radius 3 is 2.55 bits per heavy atom. The number of likely N-dealkylation sites (tertiary alicyclic amines) is 1. The maximum absolute atomic E-state index is 12.6. The number of nitrogens with zero attached hydrogens (tertiary/aromatic N) is 2. The highest BCUT2D eigenvalue weighted by Crippen LogP contribution is 2.39. The van der Waals surface area contributed by atoms with Gasteiger partial charge < -0.3 is 19.5 Å². The van der Waals surface area contributed by atoms with E-state index in [1.165, 1.54) is 0 Å². The van der Waals surface area contributed by atoms with Gasteiger partial charge in [0, 0.05) is 44.0 Å². The molecule has 1 aromatic heterocycles. The van der Waals surface area contributed by atoms with Gasteiger partial charge in [-0.1, -0.05) is 6.07 Å². The van der Waals surface area contributed by atoms with Crippen molar-refractivity contribution in [2.75, 3.05) is 33.9 Å². The quantitative estimate of drug-likeness (QED) is 0.735. The molecule has 0 saturated carbocycles. The lowest BCUT2D eigenvalue weighted by Crippen LogP contribution is -2.45. The van der Waals surface area contributed by atoms with Gasteiger partial charge in [0.25, 0.3) is 5.91 Å². The molecular formula is C24H31N3O4. The summed E-state index contributed by atoms with van der Waals surface area (Å²) in [7, 11) is 3.15. The molecule has 7 nitrogen and oxygen atoms in total.